The number of methoxy groups -OCH3 is 1. The molecule has 0 bridgehead atoms. The predicted molar refractivity (Wildman–Crippen MR) is 112 cm³/mol. The van der Waals surface area contributed by atoms with Crippen molar-refractivity contribution >= 4 is 21.6 Å². The van der Waals surface area contributed by atoms with E-state index in [0.717, 1.165) is 24.5 Å². The highest BCUT2D eigenvalue weighted by Gasteiger charge is 2.35. The van der Waals surface area contributed by atoms with Crippen LogP contribution in [0.2, 0.25) is 0 Å². The molecule has 0 spiro atoms. The van der Waals surface area contributed by atoms with Crippen LogP contribution in [-0.2, 0) is 14.8 Å². The maximum atomic E-state index is 13.0. The zero-order valence-electron chi connectivity index (χ0n) is 17.0. The Bertz CT molecular complexity index is 963. The van der Waals surface area contributed by atoms with E-state index < -0.39 is 10.0 Å². The predicted octanol–water partition coefficient (Wildman–Crippen LogP) is 1.17. The summed E-state index contributed by atoms with van der Waals surface area (Å²) in [4.78, 5) is 23.6. The standard InChI is InChI=1S/C20H27N5O4S/c1-29-18-4-2-3-17(13-18)23-9-11-24(12-10-23)20(26)16-5-7-25(8-6-16)30(27,28)19-14-21-15-22-19/h2-4,13-16H,5-12H2,1H3,(H,21,22). The van der Waals surface area contributed by atoms with Crippen LogP contribution in [-0.4, -0.2) is 79.9 Å². The van der Waals surface area contributed by atoms with Gasteiger partial charge in [-0.3, -0.25) is 4.79 Å². The first kappa shape index (κ1) is 20.7. The Labute approximate surface area is 176 Å². The number of hydrogen-bond acceptors (Lipinski definition) is 6. The molecule has 0 radical (unpaired) electrons. The van der Waals surface area contributed by atoms with Crippen LogP contribution in [0, 0.1) is 5.92 Å². The van der Waals surface area contributed by atoms with Gasteiger partial charge < -0.3 is 19.5 Å². The second-order valence-electron chi connectivity index (χ2n) is 7.61. The Morgan fingerprint density at radius 2 is 1.87 bits per heavy atom. The summed E-state index contributed by atoms with van der Waals surface area (Å²) in [5, 5.41) is 0.0981. The van der Waals surface area contributed by atoms with Crippen molar-refractivity contribution in [1.29, 1.82) is 0 Å². The third-order valence-electron chi connectivity index (χ3n) is 5.90. The second-order valence-corrected chi connectivity index (χ2v) is 9.51. The number of piperazine rings is 1. The molecule has 1 aromatic heterocycles. The third-order valence-corrected chi connectivity index (χ3v) is 7.73. The number of carbonyl (C=O) groups is 1. The maximum Gasteiger partial charge on any atom is 0.260 e. The van der Waals surface area contributed by atoms with E-state index >= 15 is 0 Å². The van der Waals surface area contributed by atoms with Gasteiger partial charge in [0.2, 0.25) is 5.91 Å². The number of H-pyrrole nitrogens is 1. The minimum Gasteiger partial charge on any atom is -0.497 e. The summed E-state index contributed by atoms with van der Waals surface area (Å²) < 4.78 is 31.9. The molecule has 1 N–H and O–H groups in total. The molecule has 30 heavy (non-hydrogen) atoms. The van der Waals surface area contributed by atoms with Crippen LogP contribution in [0.3, 0.4) is 0 Å². The fourth-order valence-electron chi connectivity index (χ4n) is 4.12. The Balaban J connectivity index is 1.30. The summed E-state index contributed by atoms with van der Waals surface area (Å²) in [5.74, 6) is 0.836. The molecule has 0 atom stereocenters. The van der Waals surface area contributed by atoms with Crippen LogP contribution in [0.5, 0.6) is 5.75 Å². The van der Waals surface area contributed by atoms with Gasteiger partial charge in [0.1, 0.15) is 5.75 Å². The van der Waals surface area contributed by atoms with Gasteiger partial charge in [0.05, 0.1) is 19.6 Å². The molecule has 2 aliphatic rings. The maximum absolute atomic E-state index is 13.0. The molecule has 9 nitrogen and oxygen atoms in total. The van der Waals surface area contributed by atoms with Gasteiger partial charge in [0, 0.05) is 56.9 Å². The van der Waals surface area contributed by atoms with Gasteiger partial charge in [-0.1, -0.05) is 6.07 Å². The number of aromatic amines is 1. The number of benzene rings is 1. The zero-order valence-corrected chi connectivity index (χ0v) is 17.8. The van der Waals surface area contributed by atoms with E-state index in [1.165, 1.54) is 16.8 Å². The van der Waals surface area contributed by atoms with Gasteiger partial charge in [0.25, 0.3) is 10.0 Å². The van der Waals surface area contributed by atoms with Gasteiger partial charge >= 0.3 is 0 Å². The fourth-order valence-corrected chi connectivity index (χ4v) is 5.48. The van der Waals surface area contributed by atoms with Gasteiger partial charge in [-0.15, -0.1) is 0 Å². The van der Waals surface area contributed by atoms with E-state index in [4.69, 9.17) is 4.74 Å². The molecule has 0 aliphatic carbocycles. The number of amides is 1. The molecule has 0 unspecified atom stereocenters. The van der Waals surface area contributed by atoms with E-state index in [9.17, 15) is 13.2 Å². The number of anilines is 1. The lowest BCUT2D eigenvalue weighted by molar-refractivity contribution is -0.137. The summed E-state index contributed by atoms with van der Waals surface area (Å²) in [7, 11) is -1.91. The molecule has 1 amide bonds. The van der Waals surface area contributed by atoms with Crippen LogP contribution < -0.4 is 9.64 Å². The summed E-state index contributed by atoms with van der Waals surface area (Å²) in [6.07, 6.45) is 3.76. The molecular weight excluding hydrogens is 406 g/mol. The Morgan fingerprint density at radius 1 is 1.13 bits per heavy atom. The molecule has 162 valence electrons. The first-order chi connectivity index (χ1) is 14.5. The Kier molecular flexibility index (Phi) is 5.96. The van der Waals surface area contributed by atoms with E-state index in [2.05, 4.69) is 20.9 Å². The number of aromatic nitrogens is 2. The molecule has 2 aliphatic heterocycles. The van der Waals surface area contributed by atoms with Crippen molar-refractivity contribution in [2.45, 2.75) is 17.9 Å². The number of nitrogens with one attached hydrogen (secondary N) is 1. The van der Waals surface area contributed by atoms with E-state index in [1.807, 2.05) is 23.1 Å². The minimum absolute atomic E-state index is 0.0981. The van der Waals surface area contributed by atoms with Crippen molar-refractivity contribution < 1.29 is 17.9 Å². The van der Waals surface area contributed by atoms with Gasteiger partial charge in [-0.2, -0.15) is 4.31 Å². The lowest BCUT2D eigenvalue weighted by atomic mass is 9.96. The number of nitrogens with zero attached hydrogens (tertiary/aromatic N) is 4. The van der Waals surface area contributed by atoms with Crippen molar-refractivity contribution in [2.24, 2.45) is 5.92 Å². The molecule has 0 saturated carbocycles. The highest BCUT2D eigenvalue weighted by atomic mass is 32.2. The molecule has 2 fully saturated rings. The normalized spacial score (nSPS) is 19.1. The SMILES string of the molecule is COc1cccc(N2CCN(C(=O)C3CCN(S(=O)(=O)c4cnc[nH]4)CC3)CC2)c1. The van der Waals surface area contributed by atoms with Crippen LogP contribution in [0.25, 0.3) is 0 Å². The first-order valence-corrected chi connectivity index (χ1v) is 11.6. The number of piperidine rings is 1. The Morgan fingerprint density at radius 3 is 2.50 bits per heavy atom. The zero-order chi connectivity index (χ0) is 21.1. The number of ether oxygens (including phenoxy) is 1. The first-order valence-electron chi connectivity index (χ1n) is 10.2. The fraction of sp³-hybridized carbons (Fsp3) is 0.500. The van der Waals surface area contributed by atoms with Gasteiger partial charge in [0.15, 0.2) is 5.03 Å². The molecule has 1 aromatic carbocycles. The molecule has 4 rings (SSSR count). The topological polar surface area (TPSA) is 98.8 Å². The van der Waals surface area contributed by atoms with Gasteiger partial charge in [-0.25, -0.2) is 13.4 Å². The van der Waals surface area contributed by atoms with Crippen LogP contribution >= 0.6 is 0 Å². The average Bonchev–Trinajstić information content (AvgIpc) is 3.35. The lowest BCUT2D eigenvalue weighted by Gasteiger charge is -2.39. The monoisotopic (exact) mass is 433 g/mol. The summed E-state index contributed by atoms with van der Waals surface area (Å²) in [6, 6.07) is 7.95. The minimum atomic E-state index is -3.56. The van der Waals surface area contributed by atoms with Crippen molar-refractivity contribution in [3.8, 4) is 5.75 Å². The van der Waals surface area contributed by atoms with Crippen molar-refractivity contribution in [2.75, 3.05) is 51.3 Å². The van der Waals surface area contributed by atoms with Crippen LogP contribution in [0.15, 0.2) is 41.8 Å². The number of carbonyl (C=O) groups excluding carboxylic acids is 1. The molecule has 2 saturated heterocycles. The molecule has 2 aromatic rings. The average molecular weight is 434 g/mol. The smallest absolute Gasteiger partial charge is 0.260 e. The summed E-state index contributed by atoms with van der Waals surface area (Å²) in [6.45, 7) is 3.58. The van der Waals surface area contributed by atoms with Crippen molar-refractivity contribution in [3.05, 3.63) is 36.8 Å². The third kappa shape index (κ3) is 4.15. The molecule has 3 heterocycles. The highest BCUT2D eigenvalue weighted by Crippen LogP contribution is 2.26. The Hall–Kier alpha value is -2.59. The number of hydrogen-bond donors (Lipinski definition) is 1. The van der Waals surface area contributed by atoms with Crippen molar-refractivity contribution in [3.63, 3.8) is 0 Å². The van der Waals surface area contributed by atoms with E-state index in [0.29, 0.717) is 39.0 Å². The number of imidazole rings is 1. The highest BCUT2D eigenvalue weighted by molar-refractivity contribution is 7.89. The van der Waals surface area contributed by atoms with E-state index in [-0.39, 0.29) is 16.9 Å². The van der Waals surface area contributed by atoms with Crippen molar-refractivity contribution in [1.82, 2.24) is 19.2 Å². The number of rotatable bonds is 5. The largest absolute Gasteiger partial charge is 0.497 e. The lowest BCUT2D eigenvalue weighted by Crippen LogP contribution is -2.52. The van der Waals surface area contributed by atoms with E-state index in [1.54, 1.807) is 7.11 Å². The molecular formula is C20H27N5O4S. The number of sulfonamides is 1. The molecule has 10 heteroatoms. The summed E-state index contributed by atoms with van der Waals surface area (Å²) >= 11 is 0. The van der Waals surface area contributed by atoms with Crippen LogP contribution in [0.1, 0.15) is 12.8 Å². The van der Waals surface area contributed by atoms with Gasteiger partial charge in [-0.05, 0) is 25.0 Å². The quantitative estimate of drug-likeness (QED) is 0.760. The summed E-state index contributed by atoms with van der Waals surface area (Å²) in [5.41, 5.74) is 1.10. The van der Waals surface area contributed by atoms with Crippen LogP contribution in [0.4, 0.5) is 5.69 Å². The second kappa shape index (κ2) is 8.65.